The van der Waals surface area contributed by atoms with Crippen molar-refractivity contribution < 1.29 is 28.8 Å². The fourth-order valence-electron chi connectivity index (χ4n) is 3.83. The highest BCUT2D eigenvalue weighted by Gasteiger charge is 2.36. The van der Waals surface area contributed by atoms with Gasteiger partial charge in [0, 0.05) is 36.3 Å². The van der Waals surface area contributed by atoms with E-state index in [1.807, 2.05) is 32.0 Å². The van der Waals surface area contributed by atoms with Gasteiger partial charge in [0.05, 0.1) is 10.8 Å². The third-order valence-electron chi connectivity index (χ3n) is 6.07. The molecule has 0 bridgehead atoms. The van der Waals surface area contributed by atoms with E-state index >= 15 is 0 Å². The van der Waals surface area contributed by atoms with Crippen LogP contribution in [0.4, 0.5) is 11.4 Å². The Balaban J connectivity index is 1.32. The van der Waals surface area contributed by atoms with E-state index < -0.39 is 29.2 Å². The summed E-state index contributed by atoms with van der Waals surface area (Å²) in [5.74, 6) is -0.715. The van der Waals surface area contributed by atoms with Crippen molar-refractivity contribution in [2.75, 3.05) is 18.1 Å². The molecular weight excluding hydrogens is 464 g/mol. The second-order valence-corrected chi connectivity index (χ2v) is 8.58. The molecule has 4 rings (SSSR count). The zero-order valence-corrected chi connectivity index (χ0v) is 19.8. The van der Waals surface area contributed by atoms with Crippen LogP contribution in [0.1, 0.15) is 27.9 Å². The largest absolute Gasteiger partial charge is 0.457 e. The molecule has 184 valence electrons. The van der Waals surface area contributed by atoms with Crippen LogP contribution in [0, 0.1) is 29.9 Å². The molecule has 9 heteroatoms. The average Bonchev–Trinajstić information content (AvgIpc) is 3.26. The Hall–Kier alpha value is -4.53. The number of nitrogens with zero attached hydrogens (tertiary/aromatic N) is 2. The molecule has 0 N–H and O–H groups in total. The van der Waals surface area contributed by atoms with Gasteiger partial charge in [-0.3, -0.25) is 24.5 Å². The van der Waals surface area contributed by atoms with E-state index in [0.717, 1.165) is 5.56 Å². The van der Waals surface area contributed by atoms with E-state index in [9.17, 15) is 24.5 Å². The predicted molar refractivity (Wildman–Crippen MR) is 131 cm³/mol. The summed E-state index contributed by atoms with van der Waals surface area (Å²) in [5.41, 5.74) is 2.98. The van der Waals surface area contributed by atoms with E-state index in [-0.39, 0.29) is 30.1 Å². The highest BCUT2D eigenvalue weighted by molar-refractivity contribution is 6.01. The van der Waals surface area contributed by atoms with Crippen molar-refractivity contribution in [1.82, 2.24) is 0 Å². The molecule has 0 spiro atoms. The Kier molecular flexibility index (Phi) is 7.10. The average molecular weight is 488 g/mol. The molecule has 1 amide bonds. The quantitative estimate of drug-likeness (QED) is 0.194. The maximum absolute atomic E-state index is 12.5. The second-order valence-electron chi connectivity index (χ2n) is 8.58. The minimum atomic E-state index is -0.700. The van der Waals surface area contributed by atoms with Gasteiger partial charge >= 0.3 is 5.97 Å². The minimum Gasteiger partial charge on any atom is -0.457 e. The molecule has 0 aromatic heterocycles. The summed E-state index contributed by atoms with van der Waals surface area (Å²) in [6, 6.07) is 17.9. The summed E-state index contributed by atoms with van der Waals surface area (Å²) in [5, 5.41) is 10.7. The first-order valence-electron chi connectivity index (χ1n) is 11.3. The summed E-state index contributed by atoms with van der Waals surface area (Å²) in [6.07, 6.45) is -0.0224. The van der Waals surface area contributed by atoms with Crippen LogP contribution in [0.25, 0.3) is 0 Å². The number of ketones is 1. The molecule has 0 unspecified atom stereocenters. The van der Waals surface area contributed by atoms with E-state index in [1.165, 1.54) is 34.7 Å². The number of non-ortho nitro benzene ring substituents is 1. The first-order valence-corrected chi connectivity index (χ1v) is 11.3. The number of nitro groups is 1. The second kappa shape index (κ2) is 10.4. The Morgan fingerprint density at radius 1 is 0.972 bits per heavy atom. The third kappa shape index (κ3) is 5.57. The normalized spacial score (nSPS) is 15.0. The highest BCUT2D eigenvalue weighted by Crippen LogP contribution is 2.30. The van der Waals surface area contributed by atoms with Crippen LogP contribution in [0.3, 0.4) is 0 Å². The molecule has 1 heterocycles. The van der Waals surface area contributed by atoms with Crippen LogP contribution in [0.5, 0.6) is 11.5 Å². The van der Waals surface area contributed by atoms with Gasteiger partial charge in [0.2, 0.25) is 5.91 Å². The SMILES string of the molecule is Cc1ccc(Oc2ccc(N3C[C@@H](C(=O)OCC(=O)c4ccc([N+](=O)[O-])cc4)CC3=O)cc2)cc1C. The number of Topliss-reactive ketones (excluding diaryl/α,β-unsaturated/α-hetero) is 1. The van der Waals surface area contributed by atoms with Gasteiger partial charge in [-0.2, -0.15) is 0 Å². The van der Waals surface area contributed by atoms with Crippen molar-refractivity contribution in [3.05, 3.63) is 93.5 Å². The smallest absolute Gasteiger partial charge is 0.311 e. The summed E-state index contributed by atoms with van der Waals surface area (Å²) < 4.78 is 11.0. The Morgan fingerprint density at radius 3 is 2.28 bits per heavy atom. The zero-order chi connectivity index (χ0) is 25.8. The van der Waals surface area contributed by atoms with Crippen LogP contribution >= 0.6 is 0 Å². The lowest BCUT2D eigenvalue weighted by Crippen LogP contribution is -2.27. The number of carbonyl (C=O) groups excluding carboxylic acids is 3. The molecule has 3 aromatic carbocycles. The van der Waals surface area contributed by atoms with E-state index in [2.05, 4.69) is 0 Å². The van der Waals surface area contributed by atoms with Crippen LogP contribution in [0.2, 0.25) is 0 Å². The van der Waals surface area contributed by atoms with E-state index in [1.54, 1.807) is 24.3 Å². The fourth-order valence-corrected chi connectivity index (χ4v) is 3.83. The number of rotatable bonds is 8. The van der Waals surface area contributed by atoms with Crippen molar-refractivity contribution in [2.24, 2.45) is 5.92 Å². The Bertz CT molecular complexity index is 1320. The molecule has 3 aromatic rings. The standard InChI is InChI=1S/C27H24N2O7/c1-17-3-10-24(13-18(17)2)36-23-11-8-21(9-12-23)28-15-20(14-26(28)31)27(32)35-16-25(30)19-4-6-22(7-5-19)29(33)34/h3-13,20H,14-16H2,1-2H3/t20-/m0/s1. The molecular formula is C27H24N2O7. The first-order chi connectivity index (χ1) is 17.2. The summed E-state index contributed by atoms with van der Waals surface area (Å²) in [4.78, 5) is 49.0. The Morgan fingerprint density at radius 2 is 1.64 bits per heavy atom. The third-order valence-corrected chi connectivity index (χ3v) is 6.07. The first kappa shape index (κ1) is 24.6. The Labute approximate surface area is 207 Å². The number of amides is 1. The van der Waals surface area contributed by atoms with Crippen LogP contribution in [-0.2, 0) is 14.3 Å². The number of carbonyl (C=O) groups is 3. The van der Waals surface area contributed by atoms with Gasteiger partial charge in [0.1, 0.15) is 11.5 Å². The molecule has 36 heavy (non-hydrogen) atoms. The van der Waals surface area contributed by atoms with Gasteiger partial charge in [0.15, 0.2) is 12.4 Å². The number of benzene rings is 3. The summed E-state index contributed by atoms with van der Waals surface area (Å²) in [6.45, 7) is 3.67. The van der Waals surface area contributed by atoms with Gasteiger partial charge in [-0.1, -0.05) is 6.07 Å². The topological polar surface area (TPSA) is 116 Å². The molecule has 1 atom stereocenters. The van der Waals surface area contributed by atoms with E-state index in [4.69, 9.17) is 9.47 Å². The minimum absolute atomic E-state index is 0.0224. The van der Waals surface area contributed by atoms with Crippen LogP contribution in [0.15, 0.2) is 66.7 Å². The van der Waals surface area contributed by atoms with Gasteiger partial charge in [-0.05, 0) is 73.5 Å². The van der Waals surface area contributed by atoms with Crippen LogP contribution < -0.4 is 9.64 Å². The van der Waals surface area contributed by atoms with Crippen molar-refractivity contribution in [2.45, 2.75) is 20.3 Å². The predicted octanol–water partition coefficient (Wildman–Crippen LogP) is 4.78. The molecule has 1 fully saturated rings. The lowest BCUT2D eigenvalue weighted by Gasteiger charge is -2.17. The highest BCUT2D eigenvalue weighted by atomic mass is 16.6. The van der Waals surface area contributed by atoms with Gasteiger partial charge < -0.3 is 14.4 Å². The lowest BCUT2D eigenvalue weighted by molar-refractivity contribution is -0.384. The number of aryl methyl sites for hydroxylation is 2. The maximum atomic E-state index is 12.5. The lowest BCUT2D eigenvalue weighted by atomic mass is 10.1. The molecule has 0 aliphatic carbocycles. The van der Waals surface area contributed by atoms with Gasteiger partial charge in [-0.25, -0.2) is 0 Å². The number of esters is 1. The number of nitro benzene ring substituents is 1. The van der Waals surface area contributed by atoms with E-state index in [0.29, 0.717) is 17.2 Å². The van der Waals surface area contributed by atoms with Crippen molar-refractivity contribution in [3.8, 4) is 11.5 Å². The molecule has 9 nitrogen and oxygen atoms in total. The summed E-state index contributed by atoms with van der Waals surface area (Å²) >= 11 is 0. The molecule has 0 radical (unpaired) electrons. The zero-order valence-electron chi connectivity index (χ0n) is 19.8. The molecule has 1 aliphatic heterocycles. The number of ether oxygens (including phenoxy) is 2. The maximum Gasteiger partial charge on any atom is 0.311 e. The number of hydrogen-bond donors (Lipinski definition) is 0. The van der Waals surface area contributed by atoms with Crippen molar-refractivity contribution in [1.29, 1.82) is 0 Å². The fraction of sp³-hybridized carbons (Fsp3) is 0.222. The number of hydrogen-bond acceptors (Lipinski definition) is 7. The molecule has 0 saturated carbocycles. The van der Waals surface area contributed by atoms with Crippen LogP contribution in [-0.4, -0.2) is 35.7 Å². The molecule has 1 saturated heterocycles. The number of anilines is 1. The molecule has 1 aliphatic rings. The monoisotopic (exact) mass is 488 g/mol. The summed E-state index contributed by atoms with van der Waals surface area (Å²) in [7, 11) is 0. The van der Waals surface area contributed by atoms with Crippen molar-refractivity contribution >= 4 is 29.0 Å². The van der Waals surface area contributed by atoms with Crippen molar-refractivity contribution in [3.63, 3.8) is 0 Å². The van der Waals surface area contributed by atoms with Gasteiger partial charge in [0.25, 0.3) is 5.69 Å². The van der Waals surface area contributed by atoms with Gasteiger partial charge in [-0.15, -0.1) is 0 Å².